The van der Waals surface area contributed by atoms with E-state index in [4.69, 9.17) is 4.74 Å². The summed E-state index contributed by atoms with van der Waals surface area (Å²) in [6.45, 7) is 2.39. The molecule has 0 aromatic rings. The molecule has 94 valence electrons. The van der Waals surface area contributed by atoms with Gasteiger partial charge >= 0.3 is 0 Å². The van der Waals surface area contributed by atoms with Gasteiger partial charge in [0.05, 0.1) is 6.10 Å². The van der Waals surface area contributed by atoms with E-state index in [1.807, 2.05) is 7.11 Å². The first-order chi connectivity index (χ1) is 7.78. The molecule has 2 saturated carbocycles. The molecule has 0 aliphatic heterocycles. The lowest BCUT2D eigenvalue weighted by Gasteiger charge is -2.34. The average molecular weight is 225 g/mol. The van der Waals surface area contributed by atoms with Gasteiger partial charge in [0.15, 0.2) is 0 Å². The minimum atomic E-state index is 0.508. The van der Waals surface area contributed by atoms with Gasteiger partial charge in [0.25, 0.3) is 0 Å². The molecule has 2 atom stereocenters. The van der Waals surface area contributed by atoms with Crippen molar-refractivity contribution in [3.05, 3.63) is 0 Å². The van der Waals surface area contributed by atoms with Crippen molar-refractivity contribution in [3.63, 3.8) is 0 Å². The highest BCUT2D eigenvalue weighted by atomic mass is 16.5. The van der Waals surface area contributed by atoms with Crippen molar-refractivity contribution >= 4 is 0 Å². The average Bonchev–Trinajstić information content (AvgIpc) is 2.32. The van der Waals surface area contributed by atoms with Gasteiger partial charge in [0.1, 0.15) is 0 Å². The Balaban J connectivity index is 1.72. The summed E-state index contributed by atoms with van der Waals surface area (Å²) in [6.07, 6.45) is 11.3. The van der Waals surface area contributed by atoms with Gasteiger partial charge in [-0.15, -0.1) is 0 Å². The molecule has 0 aromatic carbocycles. The van der Waals surface area contributed by atoms with Crippen LogP contribution in [0.15, 0.2) is 0 Å². The molecule has 1 N–H and O–H groups in total. The Morgan fingerprint density at radius 1 is 0.938 bits per heavy atom. The summed E-state index contributed by atoms with van der Waals surface area (Å²) in [5.41, 5.74) is 0. The molecule has 2 aliphatic carbocycles. The van der Waals surface area contributed by atoms with Gasteiger partial charge in [-0.2, -0.15) is 0 Å². The molecule has 2 fully saturated rings. The van der Waals surface area contributed by atoms with Crippen LogP contribution in [0, 0.1) is 5.92 Å². The van der Waals surface area contributed by atoms with E-state index in [0.717, 1.165) is 18.0 Å². The molecule has 0 heterocycles. The monoisotopic (exact) mass is 225 g/mol. The van der Waals surface area contributed by atoms with Crippen LogP contribution >= 0.6 is 0 Å². The molecular formula is C14H27NO. The van der Waals surface area contributed by atoms with Crippen molar-refractivity contribution < 1.29 is 4.74 Å². The largest absolute Gasteiger partial charge is 0.381 e. The van der Waals surface area contributed by atoms with Crippen LogP contribution in [0.25, 0.3) is 0 Å². The topological polar surface area (TPSA) is 21.3 Å². The van der Waals surface area contributed by atoms with E-state index < -0.39 is 0 Å². The summed E-state index contributed by atoms with van der Waals surface area (Å²) < 4.78 is 5.49. The maximum absolute atomic E-state index is 5.49. The van der Waals surface area contributed by atoms with Crippen LogP contribution in [-0.2, 0) is 4.74 Å². The molecule has 0 saturated heterocycles. The van der Waals surface area contributed by atoms with Crippen molar-refractivity contribution in [3.8, 4) is 0 Å². The molecule has 0 spiro atoms. The summed E-state index contributed by atoms with van der Waals surface area (Å²) >= 11 is 0. The molecule has 0 radical (unpaired) electrons. The highest BCUT2D eigenvalue weighted by molar-refractivity contribution is 4.83. The van der Waals surface area contributed by atoms with E-state index in [9.17, 15) is 0 Å². The molecule has 0 amide bonds. The fraction of sp³-hybridized carbons (Fsp3) is 1.00. The zero-order valence-electron chi connectivity index (χ0n) is 10.9. The van der Waals surface area contributed by atoms with Crippen LogP contribution in [0.4, 0.5) is 0 Å². The fourth-order valence-electron chi connectivity index (χ4n) is 3.27. The first-order valence-corrected chi connectivity index (χ1v) is 7.06. The lowest BCUT2D eigenvalue weighted by atomic mass is 9.85. The van der Waals surface area contributed by atoms with E-state index in [1.54, 1.807) is 0 Å². The second-order valence-corrected chi connectivity index (χ2v) is 5.84. The second-order valence-electron chi connectivity index (χ2n) is 5.84. The number of nitrogens with one attached hydrogen (secondary N) is 1. The van der Waals surface area contributed by atoms with Crippen molar-refractivity contribution in [2.75, 3.05) is 7.11 Å². The lowest BCUT2D eigenvalue weighted by Crippen LogP contribution is -2.43. The molecule has 2 heteroatoms. The predicted molar refractivity (Wildman–Crippen MR) is 67.6 cm³/mol. The molecule has 0 aromatic heterocycles. The Bertz CT molecular complexity index is 199. The number of ether oxygens (including phenoxy) is 1. The maximum Gasteiger partial charge on any atom is 0.0586 e. The standard InChI is InChI=1S/C14H27NO/c1-11-6-8-12(9-7-11)15-13-4-3-5-14(10-13)16-2/h11-15H,3-10H2,1-2H3. The van der Waals surface area contributed by atoms with Gasteiger partial charge in [-0.05, 0) is 57.3 Å². The van der Waals surface area contributed by atoms with Crippen LogP contribution in [0.2, 0.25) is 0 Å². The molecule has 16 heavy (non-hydrogen) atoms. The third-order valence-electron chi connectivity index (χ3n) is 4.45. The van der Waals surface area contributed by atoms with Gasteiger partial charge in [-0.3, -0.25) is 0 Å². The number of rotatable bonds is 3. The van der Waals surface area contributed by atoms with Crippen LogP contribution in [0.5, 0.6) is 0 Å². The van der Waals surface area contributed by atoms with E-state index in [-0.39, 0.29) is 0 Å². The van der Waals surface area contributed by atoms with Crippen molar-refractivity contribution in [1.29, 1.82) is 0 Å². The van der Waals surface area contributed by atoms with E-state index in [1.165, 1.54) is 51.4 Å². The summed E-state index contributed by atoms with van der Waals surface area (Å²) in [5.74, 6) is 0.955. The van der Waals surface area contributed by atoms with Crippen LogP contribution < -0.4 is 5.32 Å². The number of hydrogen-bond acceptors (Lipinski definition) is 2. The first-order valence-electron chi connectivity index (χ1n) is 7.06. The third kappa shape index (κ3) is 3.46. The minimum Gasteiger partial charge on any atom is -0.381 e. The van der Waals surface area contributed by atoms with E-state index in [2.05, 4.69) is 12.2 Å². The van der Waals surface area contributed by atoms with Gasteiger partial charge in [-0.1, -0.05) is 6.92 Å². The van der Waals surface area contributed by atoms with Crippen molar-refractivity contribution in [2.24, 2.45) is 5.92 Å². The second kappa shape index (κ2) is 6.02. The summed E-state index contributed by atoms with van der Waals surface area (Å²) in [5, 5.41) is 3.86. The lowest BCUT2D eigenvalue weighted by molar-refractivity contribution is 0.0554. The molecule has 2 rings (SSSR count). The number of hydrogen-bond donors (Lipinski definition) is 1. The normalized spacial score (nSPS) is 40.9. The summed E-state index contributed by atoms with van der Waals surface area (Å²) in [6, 6.07) is 1.51. The smallest absolute Gasteiger partial charge is 0.0586 e. The number of methoxy groups -OCH3 is 1. The zero-order chi connectivity index (χ0) is 11.4. The van der Waals surface area contributed by atoms with Gasteiger partial charge < -0.3 is 10.1 Å². The maximum atomic E-state index is 5.49. The van der Waals surface area contributed by atoms with E-state index >= 15 is 0 Å². The van der Waals surface area contributed by atoms with Crippen LogP contribution in [0.1, 0.15) is 58.3 Å². The van der Waals surface area contributed by atoms with Crippen molar-refractivity contribution in [2.45, 2.75) is 76.5 Å². The first kappa shape index (κ1) is 12.4. The molecule has 2 nitrogen and oxygen atoms in total. The fourth-order valence-corrected chi connectivity index (χ4v) is 3.27. The Morgan fingerprint density at radius 3 is 2.38 bits per heavy atom. The highest BCUT2D eigenvalue weighted by Gasteiger charge is 2.25. The molecule has 2 aliphatic rings. The Morgan fingerprint density at radius 2 is 1.69 bits per heavy atom. The summed E-state index contributed by atoms with van der Waals surface area (Å²) in [4.78, 5) is 0. The van der Waals surface area contributed by atoms with Gasteiger partial charge in [0, 0.05) is 19.2 Å². The Labute approximate surface area is 100 Å². The molecule has 2 unspecified atom stereocenters. The Kier molecular flexibility index (Phi) is 4.66. The SMILES string of the molecule is COC1CCCC(NC2CCC(C)CC2)C1. The van der Waals surface area contributed by atoms with Crippen LogP contribution in [0.3, 0.4) is 0 Å². The zero-order valence-corrected chi connectivity index (χ0v) is 10.9. The summed E-state index contributed by atoms with van der Waals surface area (Å²) in [7, 11) is 1.86. The highest BCUT2D eigenvalue weighted by Crippen LogP contribution is 2.26. The van der Waals surface area contributed by atoms with E-state index in [0.29, 0.717) is 6.10 Å². The van der Waals surface area contributed by atoms with Crippen LogP contribution in [-0.4, -0.2) is 25.3 Å². The quantitative estimate of drug-likeness (QED) is 0.797. The minimum absolute atomic E-state index is 0.508. The third-order valence-corrected chi connectivity index (χ3v) is 4.45. The van der Waals surface area contributed by atoms with Crippen molar-refractivity contribution in [1.82, 2.24) is 5.32 Å². The predicted octanol–water partition coefficient (Wildman–Crippen LogP) is 3.11. The van der Waals surface area contributed by atoms with Gasteiger partial charge in [0.2, 0.25) is 0 Å². The molecular weight excluding hydrogens is 198 g/mol. The molecule has 0 bridgehead atoms. The Hall–Kier alpha value is -0.0800. The van der Waals surface area contributed by atoms with Gasteiger partial charge in [-0.25, -0.2) is 0 Å².